The third-order valence-corrected chi connectivity index (χ3v) is 7.44. The van der Waals surface area contributed by atoms with Gasteiger partial charge in [0.1, 0.15) is 16.4 Å². The van der Waals surface area contributed by atoms with E-state index in [4.69, 9.17) is 10.5 Å². The second kappa shape index (κ2) is 9.29. The lowest BCUT2D eigenvalue weighted by atomic mass is 9.88. The van der Waals surface area contributed by atoms with Crippen LogP contribution in [0.25, 0.3) is 5.69 Å². The summed E-state index contributed by atoms with van der Waals surface area (Å²) in [6.45, 7) is 4.15. The van der Waals surface area contributed by atoms with Crippen LogP contribution in [0.4, 0.5) is 5.00 Å². The molecule has 168 valence electrons. The molecule has 1 aliphatic rings. The maximum Gasteiger partial charge on any atom is 0.251 e. The first-order valence-corrected chi connectivity index (χ1v) is 12.0. The lowest BCUT2D eigenvalue weighted by Crippen LogP contribution is -2.20. The minimum atomic E-state index is -0.504. The molecule has 32 heavy (non-hydrogen) atoms. The Bertz CT molecular complexity index is 1170. The zero-order valence-electron chi connectivity index (χ0n) is 18.0. The number of hydrogen-bond acceptors (Lipinski definition) is 8. The van der Waals surface area contributed by atoms with Crippen LogP contribution >= 0.6 is 23.1 Å². The van der Waals surface area contributed by atoms with Crippen molar-refractivity contribution < 1.29 is 14.3 Å². The highest BCUT2D eigenvalue weighted by Gasteiger charge is 2.27. The molecule has 0 aliphatic heterocycles. The number of nitrogens with one attached hydrogen (secondary N) is 1. The molecule has 0 radical (unpaired) electrons. The number of carbonyl (C=O) groups excluding carboxylic acids is 2. The Labute approximate surface area is 193 Å². The fourth-order valence-corrected chi connectivity index (χ4v) is 5.89. The second-order valence-electron chi connectivity index (χ2n) is 7.81. The number of anilines is 1. The molecule has 1 aliphatic carbocycles. The molecular weight excluding hydrogens is 448 g/mol. The molecule has 2 heterocycles. The zero-order valence-corrected chi connectivity index (χ0v) is 19.7. The summed E-state index contributed by atoms with van der Waals surface area (Å²) in [6, 6.07) is 5.69. The fourth-order valence-electron chi connectivity index (χ4n) is 3.78. The number of nitrogens with two attached hydrogens (primary N) is 1. The van der Waals surface area contributed by atoms with E-state index in [0.29, 0.717) is 33.1 Å². The summed E-state index contributed by atoms with van der Waals surface area (Å²) in [6.07, 6.45) is 2.72. The number of fused-ring (bicyclic) bond motifs is 1. The van der Waals surface area contributed by atoms with E-state index in [1.807, 2.05) is 25.1 Å². The first-order chi connectivity index (χ1) is 15.4. The molecule has 0 spiro atoms. The van der Waals surface area contributed by atoms with Crippen LogP contribution in [-0.2, 0) is 17.6 Å². The van der Waals surface area contributed by atoms with Crippen LogP contribution in [0, 0.1) is 12.8 Å². The Balaban J connectivity index is 1.50. The second-order valence-corrected chi connectivity index (χ2v) is 9.85. The molecule has 1 unspecified atom stereocenters. The zero-order chi connectivity index (χ0) is 22.8. The summed E-state index contributed by atoms with van der Waals surface area (Å²) >= 11 is 2.65. The molecule has 0 fully saturated rings. The van der Waals surface area contributed by atoms with Crippen LogP contribution in [0.15, 0.2) is 23.4 Å². The number of primary amides is 1. The molecule has 2 amide bonds. The lowest BCUT2D eigenvalue weighted by Gasteiger charge is -2.18. The fraction of sp³-hybridized carbons (Fsp3) is 0.381. The van der Waals surface area contributed by atoms with Gasteiger partial charge in [-0.25, -0.2) is 0 Å². The summed E-state index contributed by atoms with van der Waals surface area (Å²) in [5.41, 5.74) is 8.79. The van der Waals surface area contributed by atoms with Gasteiger partial charge in [-0.15, -0.1) is 16.4 Å². The number of aromatic nitrogens is 4. The number of nitrogens with zero attached hydrogens (tertiary/aromatic N) is 4. The van der Waals surface area contributed by atoms with Gasteiger partial charge >= 0.3 is 0 Å². The first kappa shape index (κ1) is 22.3. The van der Waals surface area contributed by atoms with E-state index in [2.05, 4.69) is 27.8 Å². The van der Waals surface area contributed by atoms with Crippen molar-refractivity contribution in [3.05, 3.63) is 39.8 Å². The third kappa shape index (κ3) is 4.49. The van der Waals surface area contributed by atoms with Gasteiger partial charge in [0.05, 0.1) is 18.4 Å². The average molecular weight is 473 g/mol. The van der Waals surface area contributed by atoms with Crippen molar-refractivity contribution in [2.45, 2.75) is 38.3 Å². The Kier molecular flexibility index (Phi) is 6.47. The first-order valence-electron chi connectivity index (χ1n) is 10.2. The molecule has 3 N–H and O–H groups in total. The van der Waals surface area contributed by atoms with Gasteiger partial charge in [-0.2, -0.15) is 4.68 Å². The Morgan fingerprint density at radius 2 is 2.22 bits per heavy atom. The Morgan fingerprint density at radius 1 is 1.41 bits per heavy atom. The van der Waals surface area contributed by atoms with Gasteiger partial charge in [0.2, 0.25) is 11.1 Å². The molecule has 1 aromatic carbocycles. The van der Waals surface area contributed by atoms with Crippen molar-refractivity contribution in [2.75, 3.05) is 18.2 Å². The molecule has 0 saturated carbocycles. The van der Waals surface area contributed by atoms with Crippen LogP contribution < -0.4 is 15.8 Å². The molecule has 9 nitrogen and oxygen atoms in total. The van der Waals surface area contributed by atoms with Crippen LogP contribution in [0.2, 0.25) is 0 Å². The van der Waals surface area contributed by atoms with Gasteiger partial charge in [-0.1, -0.05) is 24.8 Å². The molecule has 2 aromatic heterocycles. The van der Waals surface area contributed by atoms with Crippen LogP contribution in [-0.4, -0.2) is 44.9 Å². The largest absolute Gasteiger partial charge is 0.494 e. The standard InChI is InChI=1S/C21H24N6O3S2/c1-11-5-7-15(30-3)14(8-11)27-21(24-25-26-27)31-10-17(28)23-20-18(19(22)29)13-6-4-12(2)9-16(13)32-20/h5,7-8,12H,4,6,9-10H2,1-3H3,(H2,22,29)(H,23,28). The van der Waals surface area contributed by atoms with Crippen LogP contribution in [0.5, 0.6) is 5.75 Å². The van der Waals surface area contributed by atoms with E-state index in [-0.39, 0.29) is 11.7 Å². The maximum absolute atomic E-state index is 12.7. The van der Waals surface area contributed by atoms with Crippen molar-refractivity contribution in [3.63, 3.8) is 0 Å². The number of methoxy groups -OCH3 is 1. The average Bonchev–Trinajstić information content (AvgIpc) is 3.35. The van der Waals surface area contributed by atoms with Gasteiger partial charge in [-0.05, 0) is 65.8 Å². The van der Waals surface area contributed by atoms with Crippen LogP contribution in [0.1, 0.15) is 39.7 Å². The minimum absolute atomic E-state index is 0.0751. The van der Waals surface area contributed by atoms with Crippen molar-refractivity contribution in [3.8, 4) is 11.4 Å². The molecule has 3 aromatic rings. The molecule has 1 atom stereocenters. The number of ether oxygens (including phenoxy) is 1. The van der Waals surface area contributed by atoms with E-state index in [9.17, 15) is 9.59 Å². The quantitative estimate of drug-likeness (QED) is 0.506. The van der Waals surface area contributed by atoms with Gasteiger partial charge in [0.15, 0.2) is 0 Å². The number of aryl methyl sites for hydroxylation is 1. The predicted octanol–water partition coefficient (Wildman–Crippen LogP) is 3.00. The van der Waals surface area contributed by atoms with Crippen molar-refractivity contribution >= 4 is 39.9 Å². The molecule has 11 heteroatoms. The summed E-state index contributed by atoms with van der Waals surface area (Å²) in [4.78, 5) is 25.9. The SMILES string of the molecule is COc1ccc(C)cc1-n1nnnc1SCC(=O)Nc1sc2c(c1C(N)=O)CCC(C)C2. The number of benzene rings is 1. The predicted molar refractivity (Wildman–Crippen MR) is 124 cm³/mol. The number of hydrogen-bond donors (Lipinski definition) is 2. The number of carbonyl (C=O) groups is 2. The summed E-state index contributed by atoms with van der Waals surface area (Å²) in [5.74, 6) is 0.494. The van der Waals surface area contributed by atoms with Gasteiger partial charge in [0.25, 0.3) is 5.91 Å². The lowest BCUT2D eigenvalue weighted by molar-refractivity contribution is -0.113. The smallest absolute Gasteiger partial charge is 0.251 e. The van der Waals surface area contributed by atoms with E-state index in [1.54, 1.807) is 11.8 Å². The van der Waals surface area contributed by atoms with Gasteiger partial charge < -0.3 is 15.8 Å². The molecule has 4 rings (SSSR count). The van der Waals surface area contributed by atoms with E-state index in [1.165, 1.54) is 23.1 Å². The number of rotatable bonds is 7. The Morgan fingerprint density at radius 3 is 2.97 bits per heavy atom. The van der Waals surface area contributed by atoms with Gasteiger partial charge in [0, 0.05) is 4.88 Å². The minimum Gasteiger partial charge on any atom is -0.494 e. The van der Waals surface area contributed by atoms with Crippen molar-refractivity contribution in [1.29, 1.82) is 0 Å². The normalized spacial score (nSPS) is 15.3. The monoisotopic (exact) mass is 472 g/mol. The van der Waals surface area contributed by atoms with Gasteiger partial charge in [-0.3, -0.25) is 9.59 Å². The summed E-state index contributed by atoms with van der Waals surface area (Å²) in [7, 11) is 1.58. The topological polar surface area (TPSA) is 125 Å². The van der Waals surface area contributed by atoms with E-state index >= 15 is 0 Å². The number of thiophene rings is 1. The number of tetrazole rings is 1. The molecular formula is C21H24N6O3S2. The van der Waals surface area contributed by atoms with Crippen LogP contribution in [0.3, 0.4) is 0 Å². The number of thioether (sulfide) groups is 1. The highest BCUT2D eigenvalue weighted by molar-refractivity contribution is 7.99. The summed E-state index contributed by atoms with van der Waals surface area (Å²) in [5, 5.41) is 15.7. The molecule has 0 bridgehead atoms. The highest BCUT2D eigenvalue weighted by Crippen LogP contribution is 2.39. The van der Waals surface area contributed by atoms with Crippen molar-refractivity contribution in [2.24, 2.45) is 11.7 Å². The molecule has 0 saturated heterocycles. The maximum atomic E-state index is 12.7. The van der Waals surface area contributed by atoms with E-state index in [0.717, 1.165) is 35.3 Å². The summed E-state index contributed by atoms with van der Waals surface area (Å²) < 4.78 is 6.96. The number of amides is 2. The Hall–Kier alpha value is -2.92. The third-order valence-electron chi connectivity index (χ3n) is 5.35. The van der Waals surface area contributed by atoms with Crippen molar-refractivity contribution in [1.82, 2.24) is 20.2 Å². The van der Waals surface area contributed by atoms with E-state index < -0.39 is 5.91 Å². The highest BCUT2D eigenvalue weighted by atomic mass is 32.2.